The zero-order chi connectivity index (χ0) is 14.2. The average molecular weight is 346 g/mol. The topological polar surface area (TPSA) is 71.8 Å². The second-order valence-electron chi connectivity index (χ2n) is 4.54. The van der Waals surface area contributed by atoms with Crippen LogP contribution in [0.25, 0.3) is 0 Å². The molecule has 8 heteroatoms. The van der Waals surface area contributed by atoms with Crippen LogP contribution in [0.3, 0.4) is 0 Å². The second-order valence-corrected chi connectivity index (χ2v) is 4.54. The number of halogens is 2. The lowest BCUT2D eigenvalue weighted by Crippen LogP contribution is -2.26. The summed E-state index contributed by atoms with van der Waals surface area (Å²) in [4.78, 5) is 15.4. The Balaban J connectivity index is 0.00000220. The van der Waals surface area contributed by atoms with Gasteiger partial charge in [0.25, 0.3) is 0 Å². The zero-order valence-corrected chi connectivity index (χ0v) is 14.0. The summed E-state index contributed by atoms with van der Waals surface area (Å²) >= 11 is 0. The highest BCUT2D eigenvalue weighted by Crippen LogP contribution is 2.05. The van der Waals surface area contributed by atoms with Gasteiger partial charge in [0, 0.05) is 19.5 Å². The molecule has 0 aliphatic rings. The third-order valence-corrected chi connectivity index (χ3v) is 2.93. The molecule has 2 N–H and O–H groups in total. The Bertz CT molecular complexity index is 531. The largest absolute Gasteiger partial charge is 0.352 e. The first-order valence-electron chi connectivity index (χ1n) is 6.59. The molecule has 0 aliphatic carbocycles. The SMILES string of the molecule is CNCCC(=O)NCc1ccc(Cn2cncn2)cc1.Cl.Cl. The summed E-state index contributed by atoms with van der Waals surface area (Å²) in [7, 11) is 1.83. The predicted octanol–water partition coefficient (Wildman–Crippen LogP) is 1.40. The van der Waals surface area contributed by atoms with E-state index in [-0.39, 0.29) is 30.7 Å². The Hall–Kier alpha value is -1.63. The standard InChI is InChI=1S/C14H19N5O.2ClH/c1-15-7-6-14(20)17-8-12-2-4-13(5-3-12)9-19-11-16-10-18-19;;/h2-5,10-11,15H,6-9H2,1H3,(H,17,20);2*1H. The van der Waals surface area contributed by atoms with Crippen LogP contribution in [0.15, 0.2) is 36.9 Å². The van der Waals surface area contributed by atoms with Crippen molar-refractivity contribution in [3.8, 4) is 0 Å². The van der Waals surface area contributed by atoms with Crippen molar-refractivity contribution >= 4 is 30.7 Å². The van der Waals surface area contributed by atoms with Crippen LogP contribution in [0.4, 0.5) is 0 Å². The maximum absolute atomic E-state index is 11.5. The van der Waals surface area contributed by atoms with E-state index < -0.39 is 0 Å². The smallest absolute Gasteiger partial charge is 0.221 e. The third-order valence-electron chi connectivity index (χ3n) is 2.93. The van der Waals surface area contributed by atoms with Crippen molar-refractivity contribution in [1.29, 1.82) is 0 Å². The van der Waals surface area contributed by atoms with E-state index in [1.807, 2.05) is 31.3 Å². The van der Waals surface area contributed by atoms with Crippen molar-refractivity contribution in [2.45, 2.75) is 19.5 Å². The van der Waals surface area contributed by atoms with E-state index >= 15 is 0 Å². The molecule has 0 radical (unpaired) electrons. The van der Waals surface area contributed by atoms with Gasteiger partial charge in [-0.25, -0.2) is 9.67 Å². The number of carbonyl (C=O) groups is 1. The Morgan fingerprint density at radius 3 is 2.45 bits per heavy atom. The molecule has 122 valence electrons. The van der Waals surface area contributed by atoms with Crippen LogP contribution in [-0.4, -0.2) is 34.3 Å². The molecule has 1 aromatic heterocycles. The summed E-state index contributed by atoms with van der Waals surface area (Å²) in [6.07, 6.45) is 3.71. The van der Waals surface area contributed by atoms with Crippen LogP contribution < -0.4 is 10.6 Å². The molecular formula is C14H21Cl2N5O. The van der Waals surface area contributed by atoms with Crippen LogP contribution in [-0.2, 0) is 17.9 Å². The first-order valence-corrected chi connectivity index (χ1v) is 6.59. The number of nitrogens with one attached hydrogen (secondary N) is 2. The van der Waals surface area contributed by atoms with Crippen molar-refractivity contribution in [2.24, 2.45) is 0 Å². The minimum Gasteiger partial charge on any atom is -0.352 e. The van der Waals surface area contributed by atoms with E-state index in [0.717, 1.165) is 11.1 Å². The monoisotopic (exact) mass is 345 g/mol. The molecular weight excluding hydrogens is 325 g/mol. The van der Waals surface area contributed by atoms with Gasteiger partial charge in [-0.05, 0) is 18.2 Å². The Kier molecular flexibility index (Phi) is 10.2. The predicted molar refractivity (Wildman–Crippen MR) is 90.5 cm³/mol. The number of hydrogen-bond acceptors (Lipinski definition) is 4. The van der Waals surface area contributed by atoms with Gasteiger partial charge in [-0.3, -0.25) is 4.79 Å². The first-order chi connectivity index (χ1) is 9.78. The molecule has 0 unspecified atom stereocenters. The molecule has 0 fully saturated rings. The molecule has 2 rings (SSSR count). The first kappa shape index (κ1) is 20.4. The quantitative estimate of drug-likeness (QED) is 0.795. The summed E-state index contributed by atoms with van der Waals surface area (Å²) in [5.41, 5.74) is 2.24. The van der Waals surface area contributed by atoms with Gasteiger partial charge in [0.2, 0.25) is 5.91 Å². The van der Waals surface area contributed by atoms with E-state index in [9.17, 15) is 4.79 Å². The highest BCUT2D eigenvalue weighted by Gasteiger charge is 2.01. The maximum Gasteiger partial charge on any atom is 0.221 e. The van der Waals surface area contributed by atoms with Crippen LogP contribution in [0.2, 0.25) is 0 Å². The number of hydrogen-bond donors (Lipinski definition) is 2. The van der Waals surface area contributed by atoms with Gasteiger partial charge in [0.15, 0.2) is 0 Å². The van der Waals surface area contributed by atoms with Gasteiger partial charge >= 0.3 is 0 Å². The molecule has 0 spiro atoms. The number of benzene rings is 1. The molecule has 1 aromatic carbocycles. The molecule has 2 aromatic rings. The summed E-state index contributed by atoms with van der Waals surface area (Å²) in [6.45, 7) is 1.96. The molecule has 0 atom stereocenters. The molecule has 6 nitrogen and oxygen atoms in total. The third kappa shape index (κ3) is 6.89. The maximum atomic E-state index is 11.5. The molecule has 22 heavy (non-hydrogen) atoms. The molecule has 0 saturated carbocycles. The van der Waals surface area contributed by atoms with E-state index in [4.69, 9.17) is 0 Å². The van der Waals surface area contributed by atoms with Crippen LogP contribution in [0.5, 0.6) is 0 Å². The number of amides is 1. The molecule has 0 saturated heterocycles. The van der Waals surface area contributed by atoms with Crippen LogP contribution in [0, 0.1) is 0 Å². The van der Waals surface area contributed by atoms with Gasteiger partial charge in [0.1, 0.15) is 12.7 Å². The summed E-state index contributed by atoms with van der Waals surface area (Å²) in [5.74, 6) is 0.0612. The Labute approximate surface area is 142 Å². The fourth-order valence-corrected chi connectivity index (χ4v) is 1.79. The summed E-state index contributed by atoms with van der Waals surface area (Å²) in [5, 5.41) is 9.91. The van der Waals surface area contributed by atoms with Crippen molar-refractivity contribution in [1.82, 2.24) is 25.4 Å². The minimum absolute atomic E-state index is 0. The van der Waals surface area contributed by atoms with Crippen molar-refractivity contribution in [2.75, 3.05) is 13.6 Å². The molecule has 1 heterocycles. The van der Waals surface area contributed by atoms with Gasteiger partial charge in [-0.2, -0.15) is 5.10 Å². The zero-order valence-electron chi connectivity index (χ0n) is 12.4. The summed E-state index contributed by atoms with van der Waals surface area (Å²) < 4.78 is 1.77. The molecule has 0 bridgehead atoms. The fourth-order valence-electron chi connectivity index (χ4n) is 1.79. The Morgan fingerprint density at radius 2 is 1.86 bits per heavy atom. The number of carbonyl (C=O) groups excluding carboxylic acids is 1. The normalized spacial score (nSPS) is 9.50. The van der Waals surface area contributed by atoms with Crippen molar-refractivity contribution in [3.63, 3.8) is 0 Å². The fraction of sp³-hybridized carbons (Fsp3) is 0.357. The van der Waals surface area contributed by atoms with Crippen molar-refractivity contribution < 1.29 is 4.79 Å². The van der Waals surface area contributed by atoms with Gasteiger partial charge in [-0.15, -0.1) is 24.8 Å². The number of nitrogens with zero attached hydrogens (tertiary/aromatic N) is 3. The van der Waals surface area contributed by atoms with E-state index in [0.29, 0.717) is 26.1 Å². The van der Waals surface area contributed by atoms with Gasteiger partial charge < -0.3 is 10.6 Å². The lowest BCUT2D eigenvalue weighted by molar-refractivity contribution is -0.121. The van der Waals surface area contributed by atoms with Crippen LogP contribution in [0.1, 0.15) is 17.5 Å². The second kappa shape index (κ2) is 11.0. The minimum atomic E-state index is 0. The summed E-state index contributed by atoms with van der Waals surface area (Å²) in [6, 6.07) is 8.11. The van der Waals surface area contributed by atoms with Gasteiger partial charge in [-0.1, -0.05) is 24.3 Å². The number of rotatable bonds is 7. The number of aromatic nitrogens is 3. The van der Waals surface area contributed by atoms with Gasteiger partial charge in [0.05, 0.1) is 6.54 Å². The van der Waals surface area contributed by atoms with E-state index in [1.54, 1.807) is 11.0 Å². The molecule has 1 amide bonds. The average Bonchev–Trinajstić information content (AvgIpc) is 2.97. The molecule has 0 aliphatic heterocycles. The lowest BCUT2D eigenvalue weighted by atomic mass is 10.1. The van der Waals surface area contributed by atoms with E-state index in [1.165, 1.54) is 6.33 Å². The highest BCUT2D eigenvalue weighted by molar-refractivity contribution is 5.85. The van der Waals surface area contributed by atoms with E-state index in [2.05, 4.69) is 20.7 Å². The van der Waals surface area contributed by atoms with Crippen molar-refractivity contribution in [3.05, 3.63) is 48.0 Å². The highest BCUT2D eigenvalue weighted by atomic mass is 35.5. The van der Waals surface area contributed by atoms with Crippen LogP contribution >= 0.6 is 24.8 Å². The lowest BCUT2D eigenvalue weighted by Gasteiger charge is -2.06. The Morgan fingerprint density at radius 1 is 1.18 bits per heavy atom.